The number of aromatic nitrogens is 1. The molecule has 1 aliphatic rings. The molecule has 1 atom stereocenters. The molecule has 1 aromatic heterocycles. The molecule has 0 radical (unpaired) electrons. The van der Waals surface area contributed by atoms with Crippen molar-refractivity contribution in [1.82, 2.24) is 10.5 Å². The van der Waals surface area contributed by atoms with E-state index >= 15 is 0 Å². The number of halogens is 1. The summed E-state index contributed by atoms with van der Waals surface area (Å²) >= 11 is 3.34. The van der Waals surface area contributed by atoms with Crippen LogP contribution in [0, 0.1) is 0 Å². The van der Waals surface area contributed by atoms with Crippen molar-refractivity contribution in [2.75, 3.05) is 0 Å². The lowest BCUT2D eigenvalue weighted by molar-refractivity contribution is -0.137. The Bertz CT molecular complexity index is 754. The lowest BCUT2D eigenvalue weighted by Gasteiger charge is -2.17. The normalized spacial score (nSPS) is 14.7. The van der Waals surface area contributed by atoms with Gasteiger partial charge in [0.25, 0.3) is 5.91 Å². The second-order valence-corrected chi connectivity index (χ2v) is 6.73. The molecule has 0 fully saturated rings. The van der Waals surface area contributed by atoms with Gasteiger partial charge in [-0.3, -0.25) is 9.59 Å². The Labute approximate surface area is 147 Å². The second-order valence-electron chi connectivity index (χ2n) is 5.82. The monoisotopic (exact) mass is 392 g/mol. The number of carbonyl (C=O) groups is 2. The molecule has 1 aliphatic carbocycles. The molecule has 3 rings (SSSR count). The summed E-state index contributed by atoms with van der Waals surface area (Å²) in [6, 6.07) is 6.58. The molecular formula is C17H17BrN2O4. The first-order valence-corrected chi connectivity index (χ1v) is 8.59. The maximum absolute atomic E-state index is 12.6. The number of benzene rings is 1. The van der Waals surface area contributed by atoms with Gasteiger partial charge in [0, 0.05) is 16.5 Å². The van der Waals surface area contributed by atoms with E-state index < -0.39 is 17.9 Å². The average Bonchev–Trinajstić information content (AvgIpc) is 2.98. The number of carboxylic acid groups (broad SMARTS) is 1. The van der Waals surface area contributed by atoms with Crippen molar-refractivity contribution in [3.8, 4) is 0 Å². The van der Waals surface area contributed by atoms with Gasteiger partial charge in [-0.2, -0.15) is 0 Å². The minimum atomic E-state index is -0.981. The SMILES string of the molecule is O=C(O)CC(NC(=O)c1noc2c1CCCC2)c1ccc(Br)cc1. The van der Waals surface area contributed by atoms with Gasteiger partial charge in [0.1, 0.15) is 5.76 Å². The number of hydrogen-bond acceptors (Lipinski definition) is 4. The summed E-state index contributed by atoms with van der Waals surface area (Å²) in [6.07, 6.45) is 3.39. The zero-order valence-electron chi connectivity index (χ0n) is 12.9. The van der Waals surface area contributed by atoms with E-state index in [2.05, 4.69) is 26.4 Å². The number of aryl methyl sites for hydroxylation is 1. The van der Waals surface area contributed by atoms with Gasteiger partial charge in [-0.1, -0.05) is 33.2 Å². The number of nitrogens with zero attached hydrogens (tertiary/aromatic N) is 1. The smallest absolute Gasteiger partial charge is 0.305 e. The van der Waals surface area contributed by atoms with Crippen molar-refractivity contribution >= 4 is 27.8 Å². The van der Waals surface area contributed by atoms with Gasteiger partial charge in [-0.15, -0.1) is 0 Å². The molecule has 1 amide bonds. The number of carbonyl (C=O) groups excluding carboxylic acids is 1. The summed E-state index contributed by atoms with van der Waals surface area (Å²) in [5.41, 5.74) is 1.85. The zero-order chi connectivity index (χ0) is 17.1. The van der Waals surface area contributed by atoms with Crippen LogP contribution in [-0.2, 0) is 17.6 Å². The number of aliphatic carboxylic acids is 1. The van der Waals surface area contributed by atoms with Crippen LogP contribution in [0.2, 0.25) is 0 Å². The quantitative estimate of drug-likeness (QED) is 0.814. The van der Waals surface area contributed by atoms with Crippen LogP contribution in [0.1, 0.15) is 52.7 Å². The topological polar surface area (TPSA) is 92.4 Å². The fraction of sp³-hybridized carbons (Fsp3) is 0.353. The highest BCUT2D eigenvalue weighted by Crippen LogP contribution is 2.25. The maximum atomic E-state index is 12.6. The van der Waals surface area contributed by atoms with Gasteiger partial charge < -0.3 is 14.9 Å². The highest BCUT2D eigenvalue weighted by Gasteiger charge is 2.26. The number of carboxylic acids is 1. The molecule has 7 heteroatoms. The Balaban J connectivity index is 1.81. The highest BCUT2D eigenvalue weighted by molar-refractivity contribution is 9.10. The van der Waals surface area contributed by atoms with Crippen molar-refractivity contribution < 1.29 is 19.2 Å². The summed E-state index contributed by atoms with van der Waals surface area (Å²) in [7, 11) is 0. The van der Waals surface area contributed by atoms with Crippen LogP contribution >= 0.6 is 15.9 Å². The van der Waals surface area contributed by atoms with Crippen LogP contribution in [0.25, 0.3) is 0 Å². The molecule has 0 aliphatic heterocycles. The summed E-state index contributed by atoms with van der Waals surface area (Å²) in [4.78, 5) is 23.7. The molecule has 2 N–H and O–H groups in total. The molecule has 0 bridgehead atoms. The minimum Gasteiger partial charge on any atom is -0.481 e. The Kier molecular flexibility index (Phi) is 4.99. The van der Waals surface area contributed by atoms with Crippen molar-refractivity contribution in [3.63, 3.8) is 0 Å². The zero-order valence-corrected chi connectivity index (χ0v) is 14.5. The Morgan fingerprint density at radius 1 is 1.25 bits per heavy atom. The predicted octanol–water partition coefficient (Wildman–Crippen LogP) is 3.26. The van der Waals surface area contributed by atoms with Crippen molar-refractivity contribution in [2.45, 2.75) is 38.1 Å². The Hall–Kier alpha value is -2.15. The second kappa shape index (κ2) is 7.17. The summed E-state index contributed by atoms with van der Waals surface area (Å²) < 4.78 is 6.15. The fourth-order valence-corrected chi connectivity index (χ4v) is 3.18. The van der Waals surface area contributed by atoms with E-state index in [-0.39, 0.29) is 12.1 Å². The number of rotatable bonds is 5. The average molecular weight is 393 g/mol. The van der Waals surface area contributed by atoms with E-state index in [1.54, 1.807) is 12.1 Å². The van der Waals surface area contributed by atoms with E-state index in [9.17, 15) is 9.59 Å². The molecular weight excluding hydrogens is 376 g/mol. The summed E-state index contributed by atoms with van der Waals surface area (Å²) in [5.74, 6) is -0.605. The summed E-state index contributed by atoms with van der Waals surface area (Å²) in [5, 5.41) is 15.8. The van der Waals surface area contributed by atoms with E-state index in [4.69, 9.17) is 9.63 Å². The van der Waals surface area contributed by atoms with E-state index in [1.165, 1.54) is 0 Å². The lowest BCUT2D eigenvalue weighted by Crippen LogP contribution is -2.31. The summed E-state index contributed by atoms with van der Waals surface area (Å²) in [6.45, 7) is 0. The first kappa shape index (κ1) is 16.7. The lowest BCUT2D eigenvalue weighted by atomic mass is 9.96. The van der Waals surface area contributed by atoms with Crippen LogP contribution in [0.15, 0.2) is 33.3 Å². The van der Waals surface area contributed by atoms with Gasteiger partial charge in [0.2, 0.25) is 0 Å². The Morgan fingerprint density at radius 3 is 2.67 bits per heavy atom. The van der Waals surface area contributed by atoms with E-state index in [0.29, 0.717) is 0 Å². The van der Waals surface area contributed by atoms with E-state index in [1.807, 2.05) is 12.1 Å². The molecule has 1 unspecified atom stereocenters. The van der Waals surface area contributed by atoms with Crippen LogP contribution in [-0.4, -0.2) is 22.1 Å². The first-order chi connectivity index (χ1) is 11.5. The molecule has 2 aromatic rings. The molecule has 0 saturated heterocycles. The van der Waals surface area contributed by atoms with Crippen LogP contribution < -0.4 is 5.32 Å². The third kappa shape index (κ3) is 3.67. The maximum Gasteiger partial charge on any atom is 0.305 e. The molecule has 1 aromatic carbocycles. The van der Waals surface area contributed by atoms with Gasteiger partial charge >= 0.3 is 5.97 Å². The van der Waals surface area contributed by atoms with E-state index in [0.717, 1.165) is 47.0 Å². The van der Waals surface area contributed by atoms with Gasteiger partial charge in [-0.05, 0) is 37.0 Å². The predicted molar refractivity (Wildman–Crippen MR) is 89.7 cm³/mol. The number of amides is 1. The van der Waals surface area contributed by atoms with Crippen molar-refractivity contribution in [3.05, 3.63) is 51.3 Å². The Morgan fingerprint density at radius 2 is 1.96 bits per heavy atom. The fourth-order valence-electron chi connectivity index (χ4n) is 2.91. The largest absolute Gasteiger partial charge is 0.481 e. The van der Waals surface area contributed by atoms with Crippen molar-refractivity contribution in [1.29, 1.82) is 0 Å². The molecule has 24 heavy (non-hydrogen) atoms. The molecule has 0 saturated carbocycles. The standard InChI is InChI=1S/C17H17BrN2O4/c18-11-7-5-10(6-8-11)13(9-15(21)22)19-17(23)16-12-3-1-2-4-14(12)24-20-16/h5-8,13H,1-4,9H2,(H,19,23)(H,21,22). The molecule has 126 valence electrons. The van der Waals surface area contributed by atoms with Gasteiger partial charge in [0.05, 0.1) is 12.5 Å². The van der Waals surface area contributed by atoms with Gasteiger partial charge in [-0.25, -0.2) is 0 Å². The number of hydrogen-bond donors (Lipinski definition) is 2. The minimum absolute atomic E-state index is 0.201. The number of nitrogens with one attached hydrogen (secondary N) is 1. The highest BCUT2D eigenvalue weighted by atomic mass is 79.9. The van der Waals surface area contributed by atoms with Gasteiger partial charge in [0.15, 0.2) is 5.69 Å². The molecule has 0 spiro atoms. The van der Waals surface area contributed by atoms with Crippen molar-refractivity contribution in [2.24, 2.45) is 0 Å². The third-order valence-electron chi connectivity index (χ3n) is 4.12. The molecule has 6 nitrogen and oxygen atoms in total. The first-order valence-electron chi connectivity index (χ1n) is 7.80. The number of fused-ring (bicyclic) bond motifs is 1. The van der Waals surface area contributed by atoms with Crippen LogP contribution in [0.3, 0.4) is 0 Å². The van der Waals surface area contributed by atoms with Crippen LogP contribution in [0.4, 0.5) is 0 Å². The third-order valence-corrected chi connectivity index (χ3v) is 4.65. The molecule has 1 heterocycles. The van der Waals surface area contributed by atoms with Crippen LogP contribution in [0.5, 0.6) is 0 Å².